The van der Waals surface area contributed by atoms with E-state index in [4.69, 9.17) is 9.47 Å². The number of rotatable bonds is 8. The van der Waals surface area contributed by atoms with Crippen molar-refractivity contribution in [1.29, 1.82) is 0 Å². The van der Waals surface area contributed by atoms with Crippen LogP contribution >= 0.6 is 0 Å². The fourth-order valence-electron chi connectivity index (χ4n) is 1.01. The maximum atomic E-state index is 5.38. The van der Waals surface area contributed by atoms with Crippen LogP contribution in [0, 0.1) is 17.8 Å². The van der Waals surface area contributed by atoms with Crippen LogP contribution in [0.1, 0.15) is 27.7 Å². The third-order valence-corrected chi connectivity index (χ3v) is 1.74. The molecule has 0 saturated heterocycles. The van der Waals surface area contributed by atoms with Gasteiger partial charge in [-0.15, -0.1) is 0 Å². The average molecular weight is 227 g/mol. The molecule has 0 aromatic heterocycles. The normalized spacial score (nSPS) is 10.6. The van der Waals surface area contributed by atoms with Crippen molar-refractivity contribution in [2.75, 3.05) is 33.0 Å². The van der Waals surface area contributed by atoms with E-state index in [0.717, 1.165) is 13.2 Å². The van der Waals surface area contributed by atoms with E-state index in [1.54, 1.807) is 0 Å². The molecule has 94 valence electrons. The molecule has 3 nitrogen and oxygen atoms in total. The Morgan fingerprint density at radius 3 is 2.31 bits per heavy atom. The van der Waals surface area contributed by atoms with Crippen LogP contribution in [0.4, 0.5) is 0 Å². The van der Waals surface area contributed by atoms with Crippen LogP contribution in [0.15, 0.2) is 0 Å². The third-order valence-electron chi connectivity index (χ3n) is 1.74. The van der Waals surface area contributed by atoms with E-state index >= 15 is 0 Å². The molecule has 0 atom stereocenters. The van der Waals surface area contributed by atoms with Gasteiger partial charge in [-0.25, -0.2) is 0 Å². The zero-order valence-electron chi connectivity index (χ0n) is 11.0. The Balaban J connectivity index is 3.08. The molecule has 0 aliphatic heterocycles. The highest BCUT2D eigenvalue weighted by Gasteiger charge is 1.92. The molecule has 0 heterocycles. The van der Waals surface area contributed by atoms with Crippen LogP contribution in [0.5, 0.6) is 0 Å². The van der Waals surface area contributed by atoms with Gasteiger partial charge < -0.3 is 14.8 Å². The molecule has 3 heteroatoms. The lowest BCUT2D eigenvalue weighted by Crippen LogP contribution is -2.27. The molecule has 0 radical (unpaired) electrons. The van der Waals surface area contributed by atoms with Crippen LogP contribution in [-0.2, 0) is 9.47 Å². The molecule has 0 spiro atoms. The summed E-state index contributed by atoms with van der Waals surface area (Å²) < 4.78 is 10.7. The van der Waals surface area contributed by atoms with Crippen LogP contribution in [0.3, 0.4) is 0 Å². The standard InChI is InChI=1S/C13H25NO2/c1-12(2)6-5-8-15-10-11-16-9-7-14-13(3)4/h12-14H,7-11H2,1-4H3. The van der Waals surface area contributed by atoms with Crippen molar-refractivity contribution in [2.24, 2.45) is 5.92 Å². The minimum atomic E-state index is 0.418. The van der Waals surface area contributed by atoms with Gasteiger partial charge in [-0.1, -0.05) is 39.5 Å². The molecule has 0 aromatic rings. The van der Waals surface area contributed by atoms with Gasteiger partial charge in [-0.2, -0.15) is 0 Å². The van der Waals surface area contributed by atoms with Crippen LogP contribution in [0.25, 0.3) is 0 Å². The van der Waals surface area contributed by atoms with E-state index in [2.05, 4.69) is 44.9 Å². The second kappa shape index (κ2) is 10.9. The van der Waals surface area contributed by atoms with Gasteiger partial charge in [0.1, 0.15) is 6.61 Å². The van der Waals surface area contributed by atoms with Gasteiger partial charge in [0.15, 0.2) is 0 Å². The van der Waals surface area contributed by atoms with E-state index in [1.807, 2.05) is 0 Å². The minimum absolute atomic E-state index is 0.418. The first kappa shape index (κ1) is 15.4. The zero-order chi connectivity index (χ0) is 12.2. The van der Waals surface area contributed by atoms with Crippen LogP contribution in [0.2, 0.25) is 0 Å². The summed E-state index contributed by atoms with van der Waals surface area (Å²) in [4.78, 5) is 0. The Kier molecular flexibility index (Phi) is 10.6. The molecule has 16 heavy (non-hydrogen) atoms. The topological polar surface area (TPSA) is 30.5 Å². The molecule has 0 aliphatic carbocycles. The Labute approximate surface area is 99.9 Å². The molecule has 0 aliphatic rings. The summed E-state index contributed by atoms with van der Waals surface area (Å²) >= 11 is 0. The molecule has 0 fully saturated rings. The quantitative estimate of drug-likeness (QED) is 0.505. The maximum Gasteiger partial charge on any atom is 0.107 e. The van der Waals surface area contributed by atoms with Crippen molar-refractivity contribution in [3.05, 3.63) is 0 Å². The highest BCUT2D eigenvalue weighted by atomic mass is 16.5. The lowest BCUT2D eigenvalue weighted by molar-refractivity contribution is 0.0608. The summed E-state index contributed by atoms with van der Waals surface area (Å²) in [5.41, 5.74) is 0. The van der Waals surface area contributed by atoms with Gasteiger partial charge >= 0.3 is 0 Å². The second-order valence-corrected chi connectivity index (χ2v) is 4.25. The smallest absolute Gasteiger partial charge is 0.107 e. The van der Waals surface area contributed by atoms with Crippen molar-refractivity contribution < 1.29 is 9.47 Å². The molecule has 0 rings (SSSR count). The summed E-state index contributed by atoms with van der Waals surface area (Å²) in [6, 6.07) is 0.520. The van der Waals surface area contributed by atoms with E-state index in [0.29, 0.717) is 31.8 Å². The molecule has 0 amide bonds. The van der Waals surface area contributed by atoms with Gasteiger partial charge in [-0.3, -0.25) is 0 Å². The average Bonchev–Trinajstić information content (AvgIpc) is 2.20. The Morgan fingerprint density at radius 1 is 1.00 bits per heavy atom. The summed E-state index contributed by atoms with van der Waals surface area (Å²) in [7, 11) is 0. The van der Waals surface area contributed by atoms with Crippen molar-refractivity contribution >= 4 is 0 Å². The molecule has 0 bridgehead atoms. The van der Waals surface area contributed by atoms with E-state index in [1.165, 1.54) is 0 Å². The van der Waals surface area contributed by atoms with Crippen molar-refractivity contribution in [2.45, 2.75) is 33.7 Å². The summed E-state index contributed by atoms with van der Waals surface area (Å²) in [6.07, 6.45) is 0. The fourth-order valence-corrected chi connectivity index (χ4v) is 1.01. The predicted octanol–water partition coefficient (Wildman–Crippen LogP) is 1.68. The second-order valence-electron chi connectivity index (χ2n) is 4.25. The maximum absolute atomic E-state index is 5.38. The van der Waals surface area contributed by atoms with Crippen LogP contribution in [-0.4, -0.2) is 39.0 Å². The summed E-state index contributed by atoms with van der Waals surface area (Å²) in [5.74, 6) is 6.42. The predicted molar refractivity (Wildman–Crippen MR) is 67.4 cm³/mol. The molecule has 0 saturated carbocycles. The van der Waals surface area contributed by atoms with Gasteiger partial charge in [-0.05, 0) is 0 Å². The zero-order valence-corrected chi connectivity index (χ0v) is 11.0. The van der Waals surface area contributed by atoms with Crippen molar-refractivity contribution in [3.8, 4) is 11.8 Å². The molecule has 0 unspecified atom stereocenters. The Morgan fingerprint density at radius 2 is 1.69 bits per heavy atom. The largest absolute Gasteiger partial charge is 0.378 e. The molecule has 0 aromatic carbocycles. The van der Waals surface area contributed by atoms with Gasteiger partial charge in [0.05, 0.1) is 19.8 Å². The van der Waals surface area contributed by atoms with E-state index in [9.17, 15) is 0 Å². The minimum Gasteiger partial charge on any atom is -0.378 e. The van der Waals surface area contributed by atoms with E-state index in [-0.39, 0.29) is 0 Å². The lowest BCUT2D eigenvalue weighted by atomic mass is 10.2. The molecular weight excluding hydrogens is 202 g/mol. The highest BCUT2D eigenvalue weighted by Crippen LogP contribution is 1.85. The Bertz CT molecular complexity index is 204. The van der Waals surface area contributed by atoms with E-state index < -0.39 is 0 Å². The van der Waals surface area contributed by atoms with Crippen molar-refractivity contribution in [3.63, 3.8) is 0 Å². The number of ether oxygens (including phenoxy) is 2. The summed E-state index contributed by atoms with van der Waals surface area (Å²) in [6.45, 7) is 11.8. The third kappa shape index (κ3) is 13.4. The molecular formula is C13H25NO2. The monoisotopic (exact) mass is 227 g/mol. The lowest BCUT2D eigenvalue weighted by Gasteiger charge is -2.08. The molecule has 1 N–H and O–H groups in total. The first-order chi connectivity index (χ1) is 7.63. The first-order valence-corrected chi connectivity index (χ1v) is 6.00. The first-order valence-electron chi connectivity index (χ1n) is 6.00. The highest BCUT2D eigenvalue weighted by molar-refractivity contribution is 5.01. The van der Waals surface area contributed by atoms with Gasteiger partial charge in [0.2, 0.25) is 0 Å². The van der Waals surface area contributed by atoms with Gasteiger partial charge in [0, 0.05) is 18.5 Å². The number of nitrogens with one attached hydrogen (secondary N) is 1. The van der Waals surface area contributed by atoms with Gasteiger partial charge in [0.25, 0.3) is 0 Å². The number of hydrogen-bond acceptors (Lipinski definition) is 3. The fraction of sp³-hybridized carbons (Fsp3) is 0.846. The Hall–Kier alpha value is -0.560. The van der Waals surface area contributed by atoms with Crippen molar-refractivity contribution in [1.82, 2.24) is 5.32 Å². The summed E-state index contributed by atoms with van der Waals surface area (Å²) in [5, 5.41) is 3.28. The van der Waals surface area contributed by atoms with Crippen LogP contribution < -0.4 is 5.32 Å². The number of hydrogen-bond donors (Lipinski definition) is 1. The SMILES string of the molecule is CC(C)C#CCOCCOCCNC(C)C.